The van der Waals surface area contributed by atoms with Gasteiger partial charge >= 0.3 is 0 Å². The van der Waals surface area contributed by atoms with Crippen LogP contribution in [-0.4, -0.2) is 11.6 Å². The lowest BCUT2D eigenvalue weighted by atomic mass is 10.0. The Balaban J connectivity index is 1.87. The van der Waals surface area contributed by atoms with Crippen LogP contribution in [0, 0.1) is 0 Å². The highest BCUT2D eigenvalue weighted by Gasteiger charge is 2.39. The van der Waals surface area contributed by atoms with E-state index in [0.29, 0.717) is 6.54 Å². The van der Waals surface area contributed by atoms with Crippen molar-refractivity contribution in [3.8, 4) is 11.3 Å². The van der Waals surface area contributed by atoms with E-state index in [1.165, 1.54) is 12.8 Å². The second kappa shape index (κ2) is 6.26. The molecule has 2 aromatic rings. The van der Waals surface area contributed by atoms with Crippen molar-refractivity contribution in [1.82, 2.24) is 4.98 Å². The molecule has 1 fully saturated rings. The van der Waals surface area contributed by atoms with Crippen molar-refractivity contribution in [2.24, 2.45) is 5.73 Å². The Morgan fingerprint density at radius 1 is 1.24 bits per heavy atom. The van der Waals surface area contributed by atoms with Gasteiger partial charge in [-0.05, 0) is 25.3 Å². The monoisotopic (exact) mass is 302 g/mol. The summed E-state index contributed by atoms with van der Waals surface area (Å²) in [5, 5.41) is 3.28. The number of nitrogens with zero attached hydrogens (tertiary/aromatic N) is 1. The summed E-state index contributed by atoms with van der Waals surface area (Å²) in [6, 6.07) is 8.34. The molecule has 3 rings (SSSR count). The highest BCUT2D eigenvalue weighted by Crippen LogP contribution is 2.44. The summed E-state index contributed by atoms with van der Waals surface area (Å²) in [4.78, 5) is 4.87. The predicted molar refractivity (Wildman–Crippen MR) is 87.2 cm³/mol. The Kier molecular flexibility index (Phi) is 4.38. The molecule has 1 aromatic carbocycles. The van der Waals surface area contributed by atoms with Crippen LogP contribution in [0.4, 0.5) is 0 Å². The van der Waals surface area contributed by atoms with Crippen LogP contribution in [0.15, 0.2) is 29.6 Å². The minimum absolute atomic E-state index is 0.130. The van der Waals surface area contributed by atoms with E-state index in [1.807, 2.05) is 0 Å². The number of nitrogens with two attached hydrogens (primary N) is 1. The van der Waals surface area contributed by atoms with E-state index in [4.69, 9.17) is 15.5 Å². The third-order valence-electron chi connectivity index (χ3n) is 4.21. The molecule has 0 radical (unpaired) electrons. The van der Waals surface area contributed by atoms with Gasteiger partial charge in [-0.3, -0.25) is 0 Å². The van der Waals surface area contributed by atoms with Crippen LogP contribution in [0.5, 0.6) is 0 Å². The number of hydrogen-bond donors (Lipinski definition) is 1. The number of benzene rings is 1. The van der Waals surface area contributed by atoms with Crippen molar-refractivity contribution >= 4 is 11.3 Å². The summed E-state index contributed by atoms with van der Waals surface area (Å²) in [7, 11) is 0. The summed E-state index contributed by atoms with van der Waals surface area (Å²) in [6.07, 6.45) is 4.67. The van der Waals surface area contributed by atoms with Gasteiger partial charge in [-0.25, -0.2) is 4.98 Å². The molecule has 0 spiro atoms. The first-order valence-electron chi connectivity index (χ1n) is 7.67. The topological polar surface area (TPSA) is 48.1 Å². The fraction of sp³-hybridized carbons (Fsp3) is 0.471. The van der Waals surface area contributed by atoms with E-state index in [1.54, 1.807) is 11.3 Å². The van der Waals surface area contributed by atoms with E-state index < -0.39 is 0 Å². The predicted octanol–water partition coefficient (Wildman–Crippen LogP) is 4.07. The quantitative estimate of drug-likeness (QED) is 0.905. The zero-order valence-electron chi connectivity index (χ0n) is 12.5. The molecule has 3 nitrogen and oxygen atoms in total. The molecule has 2 N–H and O–H groups in total. The molecule has 0 bridgehead atoms. The molecule has 0 saturated heterocycles. The van der Waals surface area contributed by atoms with Gasteiger partial charge in [0.05, 0.1) is 5.69 Å². The number of thiazole rings is 1. The zero-order chi connectivity index (χ0) is 14.7. The smallest absolute Gasteiger partial charge is 0.125 e. The molecular weight excluding hydrogens is 280 g/mol. The molecule has 0 amide bonds. The lowest BCUT2D eigenvalue weighted by molar-refractivity contribution is -0.0390. The lowest BCUT2D eigenvalue weighted by Gasteiger charge is -2.26. The van der Waals surface area contributed by atoms with Crippen LogP contribution in [0.2, 0.25) is 0 Å². The van der Waals surface area contributed by atoms with Gasteiger partial charge in [0.2, 0.25) is 0 Å². The molecule has 1 aromatic heterocycles. The number of aromatic nitrogens is 1. The minimum atomic E-state index is -0.130. The average molecular weight is 302 g/mol. The maximum atomic E-state index is 6.09. The first kappa shape index (κ1) is 14.7. The van der Waals surface area contributed by atoms with Gasteiger partial charge in [0, 0.05) is 24.1 Å². The molecule has 0 aliphatic heterocycles. The molecule has 1 aliphatic carbocycles. The van der Waals surface area contributed by atoms with Gasteiger partial charge < -0.3 is 10.5 Å². The Labute approximate surface area is 130 Å². The first-order chi connectivity index (χ1) is 10.3. The number of hydrogen-bond acceptors (Lipinski definition) is 4. The number of rotatable bonds is 5. The van der Waals surface area contributed by atoms with Crippen LogP contribution in [0.3, 0.4) is 0 Å². The Hall–Kier alpha value is -1.23. The molecule has 21 heavy (non-hydrogen) atoms. The van der Waals surface area contributed by atoms with E-state index in [-0.39, 0.29) is 5.60 Å². The minimum Gasteiger partial charge on any atom is -0.368 e. The first-order valence-corrected chi connectivity index (χ1v) is 8.55. The van der Waals surface area contributed by atoms with Crippen LogP contribution < -0.4 is 5.73 Å². The highest BCUT2D eigenvalue weighted by molar-refractivity contribution is 7.10. The maximum Gasteiger partial charge on any atom is 0.125 e. The molecule has 0 unspecified atom stereocenters. The van der Waals surface area contributed by atoms with Crippen molar-refractivity contribution in [2.45, 2.75) is 44.8 Å². The van der Waals surface area contributed by atoms with Gasteiger partial charge in [-0.1, -0.05) is 37.1 Å². The standard InChI is InChI=1S/C17H22N2OS/c1-2-20-17(9-3-4-10-17)16-19-15(12-21-16)14-7-5-13(11-18)6-8-14/h5-8,12H,2-4,9-11,18H2,1H3. The van der Waals surface area contributed by atoms with Crippen molar-refractivity contribution in [3.05, 3.63) is 40.2 Å². The molecule has 1 heterocycles. The van der Waals surface area contributed by atoms with Gasteiger partial charge in [-0.2, -0.15) is 0 Å². The highest BCUT2D eigenvalue weighted by atomic mass is 32.1. The van der Waals surface area contributed by atoms with E-state index in [0.717, 1.165) is 41.3 Å². The fourth-order valence-electron chi connectivity index (χ4n) is 3.07. The fourth-order valence-corrected chi connectivity index (χ4v) is 4.11. The van der Waals surface area contributed by atoms with Crippen molar-refractivity contribution in [2.75, 3.05) is 6.61 Å². The Morgan fingerprint density at radius 3 is 2.57 bits per heavy atom. The lowest BCUT2D eigenvalue weighted by Crippen LogP contribution is -2.25. The molecule has 0 atom stereocenters. The Bertz CT molecular complexity index is 585. The zero-order valence-corrected chi connectivity index (χ0v) is 13.3. The molecule has 1 aliphatic rings. The largest absolute Gasteiger partial charge is 0.368 e. The SMILES string of the molecule is CCOC1(c2nc(-c3ccc(CN)cc3)cs2)CCCC1. The second-order valence-corrected chi connectivity index (χ2v) is 6.43. The van der Waals surface area contributed by atoms with E-state index >= 15 is 0 Å². The van der Waals surface area contributed by atoms with Gasteiger partial charge in [0.1, 0.15) is 10.6 Å². The summed E-state index contributed by atoms with van der Waals surface area (Å²) in [5.74, 6) is 0. The van der Waals surface area contributed by atoms with Crippen LogP contribution in [0.25, 0.3) is 11.3 Å². The normalized spacial score (nSPS) is 17.2. The van der Waals surface area contributed by atoms with Crippen LogP contribution >= 0.6 is 11.3 Å². The van der Waals surface area contributed by atoms with Gasteiger partial charge in [0.15, 0.2) is 0 Å². The summed E-state index contributed by atoms with van der Waals surface area (Å²) in [5.41, 5.74) is 8.86. The van der Waals surface area contributed by atoms with Gasteiger partial charge in [0.25, 0.3) is 0 Å². The Morgan fingerprint density at radius 2 is 1.95 bits per heavy atom. The van der Waals surface area contributed by atoms with Crippen LogP contribution in [-0.2, 0) is 16.9 Å². The van der Waals surface area contributed by atoms with Crippen molar-refractivity contribution in [3.63, 3.8) is 0 Å². The third-order valence-corrected chi connectivity index (χ3v) is 5.24. The molecular formula is C17H22N2OS. The average Bonchev–Trinajstić information content (AvgIpc) is 3.17. The molecule has 1 saturated carbocycles. The summed E-state index contributed by atoms with van der Waals surface area (Å²) >= 11 is 1.73. The van der Waals surface area contributed by atoms with E-state index in [9.17, 15) is 0 Å². The molecule has 4 heteroatoms. The summed E-state index contributed by atoms with van der Waals surface area (Å²) < 4.78 is 6.09. The van der Waals surface area contributed by atoms with E-state index in [2.05, 4.69) is 36.6 Å². The van der Waals surface area contributed by atoms with Crippen molar-refractivity contribution < 1.29 is 4.74 Å². The van der Waals surface area contributed by atoms with Crippen LogP contribution in [0.1, 0.15) is 43.2 Å². The number of ether oxygens (including phenoxy) is 1. The van der Waals surface area contributed by atoms with Crippen molar-refractivity contribution in [1.29, 1.82) is 0 Å². The second-order valence-electron chi connectivity index (χ2n) is 5.57. The molecule has 112 valence electrons. The van der Waals surface area contributed by atoms with Gasteiger partial charge in [-0.15, -0.1) is 11.3 Å². The maximum absolute atomic E-state index is 6.09. The summed E-state index contributed by atoms with van der Waals surface area (Å²) in [6.45, 7) is 3.40. The third kappa shape index (κ3) is 2.89.